The van der Waals surface area contributed by atoms with E-state index in [0.717, 1.165) is 11.1 Å². The average molecular weight is 448 g/mol. The van der Waals surface area contributed by atoms with Crippen LogP contribution in [-0.4, -0.2) is 24.3 Å². The Morgan fingerprint density at radius 2 is 1.39 bits per heavy atom. The van der Waals surface area contributed by atoms with Crippen LogP contribution in [0.1, 0.15) is 31.9 Å². The van der Waals surface area contributed by atoms with Crippen LogP contribution in [0.5, 0.6) is 5.75 Å². The van der Waals surface area contributed by atoms with E-state index in [1.807, 2.05) is 73.7 Å². The molecule has 0 aromatic heterocycles. The average Bonchev–Trinajstić information content (AvgIpc) is 2.78. The lowest BCUT2D eigenvalue weighted by molar-refractivity contribution is -0.157. The highest BCUT2D eigenvalue weighted by atomic mass is 16.6. The van der Waals surface area contributed by atoms with Gasteiger partial charge in [-0.1, -0.05) is 48.5 Å². The number of benzene rings is 3. The normalized spacial score (nSPS) is 10.9. The van der Waals surface area contributed by atoms with Gasteiger partial charge in [0.05, 0.1) is 11.4 Å². The van der Waals surface area contributed by atoms with Crippen molar-refractivity contribution in [2.24, 2.45) is 0 Å². The largest absolute Gasteiger partial charge is 0.482 e. The van der Waals surface area contributed by atoms with Crippen molar-refractivity contribution in [3.8, 4) is 5.75 Å². The van der Waals surface area contributed by atoms with Crippen LogP contribution in [0.4, 0.5) is 16.2 Å². The Morgan fingerprint density at radius 1 is 0.818 bits per heavy atom. The third-order valence-electron chi connectivity index (χ3n) is 4.72. The number of hydrogen-bond acceptors (Lipinski definition) is 5. The summed E-state index contributed by atoms with van der Waals surface area (Å²) in [4.78, 5) is 26.6. The first-order chi connectivity index (χ1) is 15.7. The van der Waals surface area contributed by atoms with Crippen molar-refractivity contribution in [1.29, 1.82) is 0 Å². The zero-order chi connectivity index (χ0) is 23.8. The number of ether oxygens (including phenoxy) is 3. The van der Waals surface area contributed by atoms with Crippen LogP contribution < -0.4 is 9.64 Å². The van der Waals surface area contributed by atoms with E-state index in [9.17, 15) is 9.59 Å². The van der Waals surface area contributed by atoms with Crippen LogP contribution in [-0.2, 0) is 20.9 Å². The first kappa shape index (κ1) is 23.9. The molecular weight excluding hydrogens is 418 g/mol. The van der Waals surface area contributed by atoms with Gasteiger partial charge in [0.1, 0.15) is 18.0 Å². The zero-order valence-corrected chi connectivity index (χ0v) is 19.4. The summed E-state index contributed by atoms with van der Waals surface area (Å²) < 4.78 is 16.6. The summed E-state index contributed by atoms with van der Waals surface area (Å²) >= 11 is 0. The predicted octanol–water partition coefficient (Wildman–Crippen LogP) is 6.19. The standard InChI is InChI=1S/C27H29NO5/c1-20-21(12-11-17-24(20)31-19-25(29)33-27(2,3)4)18-32-26(30)28(22-13-7-5-8-14-22)23-15-9-6-10-16-23/h5-17H,18-19H2,1-4H3. The number of amides is 1. The lowest BCUT2D eigenvalue weighted by Gasteiger charge is -2.23. The van der Waals surface area contributed by atoms with Gasteiger partial charge in [0.15, 0.2) is 6.61 Å². The maximum absolute atomic E-state index is 13.1. The van der Waals surface area contributed by atoms with E-state index in [0.29, 0.717) is 17.1 Å². The molecule has 0 aliphatic carbocycles. The maximum atomic E-state index is 13.1. The lowest BCUT2D eigenvalue weighted by atomic mass is 10.1. The van der Waals surface area contributed by atoms with Crippen molar-refractivity contribution in [2.75, 3.05) is 11.5 Å². The van der Waals surface area contributed by atoms with Gasteiger partial charge in [-0.3, -0.25) is 0 Å². The summed E-state index contributed by atoms with van der Waals surface area (Å²) in [6.45, 7) is 7.14. The fraction of sp³-hybridized carbons (Fsp3) is 0.259. The monoisotopic (exact) mass is 447 g/mol. The number of hydrogen-bond donors (Lipinski definition) is 0. The van der Waals surface area contributed by atoms with Crippen LogP contribution in [0.2, 0.25) is 0 Å². The Hall–Kier alpha value is -3.80. The van der Waals surface area contributed by atoms with Crippen LogP contribution >= 0.6 is 0 Å². The molecule has 1 amide bonds. The van der Waals surface area contributed by atoms with Crippen LogP contribution in [0.15, 0.2) is 78.9 Å². The molecule has 0 radical (unpaired) electrons. The number of anilines is 2. The van der Waals surface area contributed by atoms with Crippen LogP contribution in [0.3, 0.4) is 0 Å². The molecule has 172 valence electrons. The van der Waals surface area contributed by atoms with Gasteiger partial charge in [-0.2, -0.15) is 0 Å². The fourth-order valence-corrected chi connectivity index (χ4v) is 3.20. The molecule has 3 aromatic carbocycles. The highest BCUT2D eigenvalue weighted by Gasteiger charge is 2.20. The summed E-state index contributed by atoms with van der Waals surface area (Å²) in [6.07, 6.45) is -0.494. The van der Waals surface area contributed by atoms with Crippen molar-refractivity contribution in [1.82, 2.24) is 0 Å². The first-order valence-corrected chi connectivity index (χ1v) is 10.7. The zero-order valence-electron chi connectivity index (χ0n) is 19.4. The van der Waals surface area contributed by atoms with E-state index in [4.69, 9.17) is 14.2 Å². The number of nitrogens with zero attached hydrogens (tertiary/aromatic N) is 1. The Labute approximate surface area is 194 Å². The van der Waals surface area contributed by atoms with Gasteiger partial charge in [0.25, 0.3) is 0 Å². The summed E-state index contributed by atoms with van der Waals surface area (Å²) in [5.41, 5.74) is 2.42. The number of carbonyl (C=O) groups excluding carboxylic acids is 2. The molecule has 0 aliphatic heterocycles. The van der Waals surface area contributed by atoms with Crippen molar-refractivity contribution in [3.05, 3.63) is 90.0 Å². The second-order valence-corrected chi connectivity index (χ2v) is 8.48. The molecule has 33 heavy (non-hydrogen) atoms. The summed E-state index contributed by atoms with van der Waals surface area (Å²) in [7, 11) is 0. The number of para-hydroxylation sites is 2. The van der Waals surface area contributed by atoms with Gasteiger partial charge in [-0.05, 0) is 69.2 Å². The van der Waals surface area contributed by atoms with E-state index in [1.165, 1.54) is 4.90 Å². The van der Waals surface area contributed by atoms with Crippen molar-refractivity contribution in [2.45, 2.75) is 39.9 Å². The number of esters is 1. The molecule has 0 bridgehead atoms. The maximum Gasteiger partial charge on any atom is 0.419 e. The summed E-state index contributed by atoms with van der Waals surface area (Å²) in [5.74, 6) is 0.0949. The third-order valence-corrected chi connectivity index (χ3v) is 4.72. The molecule has 0 spiro atoms. The quantitative estimate of drug-likeness (QED) is 0.404. The first-order valence-electron chi connectivity index (χ1n) is 10.7. The molecule has 0 aliphatic rings. The minimum absolute atomic E-state index is 0.0600. The van der Waals surface area contributed by atoms with Gasteiger partial charge < -0.3 is 14.2 Å². The van der Waals surface area contributed by atoms with Gasteiger partial charge in [0.2, 0.25) is 0 Å². The van der Waals surface area contributed by atoms with Gasteiger partial charge in [-0.15, -0.1) is 0 Å². The SMILES string of the molecule is Cc1c(COC(=O)N(c2ccccc2)c2ccccc2)cccc1OCC(=O)OC(C)(C)C. The molecule has 0 unspecified atom stereocenters. The molecule has 6 nitrogen and oxygen atoms in total. The molecule has 0 atom stereocenters. The van der Waals surface area contributed by atoms with E-state index < -0.39 is 17.7 Å². The minimum Gasteiger partial charge on any atom is -0.482 e. The van der Waals surface area contributed by atoms with E-state index in [-0.39, 0.29) is 13.2 Å². The second kappa shape index (κ2) is 10.7. The molecular formula is C27H29NO5. The van der Waals surface area contributed by atoms with Crippen molar-refractivity contribution >= 4 is 23.4 Å². The van der Waals surface area contributed by atoms with Gasteiger partial charge >= 0.3 is 12.1 Å². The second-order valence-electron chi connectivity index (χ2n) is 8.48. The molecule has 0 saturated carbocycles. The van der Waals surface area contributed by atoms with E-state index in [2.05, 4.69) is 0 Å². The Bertz CT molecular complexity index is 1040. The Balaban J connectivity index is 1.70. The molecule has 3 aromatic rings. The fourth-order valence-electron chi connectivity index (χ4n) is 3.20. The van der Waals surface area contributed by atoms with Gasteiger partial charge in [-0.25, -0.2) is 14.5 Å². The molecule has 0 N–H and O–H groups in total. The minimum atomic E-state index is -0.574. The van der Waals surface area contributed by atoms with E-state index >= 15 is 0 Å². The Kier molecular flexibility index (Phi) is 7.72. The Morgan fingerprint density at radius 3 is 1.94 bits per heavy atom. The number of carbonyl (C=O) groups is 2. The molecule has 0 fully saturated rings. The summed E-state index contributed by atoms with van der Waals surface area (Å²) in [5, 5.41) is 0. The van der Waals surface area contributed by atoms with Crippen molar-refractivity contribution < 1.29 is 23.8 Å². The molecule has 0 heterocycles. The number of rotatable bonds is 7. The molecule has 3 rings (SSSR count). The topological polar surface area (TPSA) is 65.1 Å². The molecule has 0 saturated heterocycles. The van der Waals surface area contributed by atoms with Crippen LogP contribution in [0.25, 0.3) is 0 Å². The predicted molar refractivity (Wildman–Crippen MR) is 128 cm³/mol. The summed E-state index contributed by atoms with van der Waals surface area (Å²) in [6, 6.07) is 24.1. The van der Waals surface area contributed by atoms with Crippen molar-refractivity contribution in [3.63, 3.8) is 0 Å². The van der Waals surface area contributed by atoms with E-state index in [1.54, 1.807) is 32.9 Å². The highest BCUT2D eigenvalue weighted by Crippen LogP contribution is 2.27. The third kappa shape index (κ3) is 6.84. The molecule has 6 heteroatoms. The highest BCUT2D eigenvalue weighted by molar-refractivity contribution is 5.95. The van der Waals surface area contributed by atoms with Crippen LogP contribution in [0, 0.1) is 6.92 Å². The smallest absolute Gasteiger partial charge is 0.419 e. The van der Waals surface area contributed by atoms with Gasteiger partial charge in [0, 0.05) is 0 Å². The lowest BCUT2D eigenvalue weighted by Crippen LogP contribution is -2.27.